The molecule has 3 aromatic rings. The molecule has 1 N–H and O–H groups in total. The molecule has 2 aromatic carbocycles. The van der Waals surface area contributed by atoms with Gasteiger partial charge in [0, 0.05) is 16.7 Å². The predicted octanol–water partition coefficient (Wildman–Crippen LogP) is 4.80. The smallest absolute Gasteiger partial charge is 0.0342 e. The zero-order valence-corrected chi connectivity index (χ0v) is 14.1. The van der Waals surface area contributed by atoms with E-state index in [-0.39, 0.29) is 17.8 Å². The van der Waals surface area contributed by atoms with Crippen LogP contribution in [0.1, 0.15) is 17.5 Å². The summed E-state index contributed by atoms with van der Waals surface area (Å²) in [5.41, 5.74) is 3.17. The van der Waals surface area contributed by atoms with Crippen molar-refractivity contribution in [3.05, 3.63) is 71.1 Å². The molecule has 1 aliphatic rings. The SMILES string of the molecule is Cl.c1ccc(CC2(c3ccc4sccc4c3)CCNC2)cc1. The van der Waals surface area contributed by atoms with Gasteiger partial charge in [0.15, 0.2) is 0 Å². The summed E-state index contributed by atoms with van der Waals surface area (Å²) >= 11 is 1.83. The Morgan fingerprint density at radius 1 is 1.05 bits per heavy atom. The second-order valence-corrected chi connectivity index (χ2v) is 6.99. The van der Waals surface area contributed by atoms with Gasteiger partial charge in [0.2, 0.25) is 0 Å². The minimum Gasteiger partial charge on any atom is -0.316 e. The number of fused-ring (bicyclic) bond motifs is 1. The molecule has 0 saturated carbocycles. The maximum Gasteiger partial charge on any atom is 0.0342 e. The van der Waals surface area contributed by atoms with Gasteiger partial charge in [-0.3, -0.25) is 0 Å². The lowest BCUT2D eigenvalue weighted by Crippen LogP contribution is -2.31. The van der Waals surface area contributed by atoms with E-state index in [0.29, 0.717) is 0 Å². The van der Waals surface area contributed by atoms with Gasteiger partial charge in [-0.2, -0.15) is 0 Å². The summed E-state index contributed by atoms with van der Waals surface area (Å²) in [7, 11) is 0. The van der Waals surface area contributed by atoms with Crippen molar-refractivity contribution in [1.82, 2.24) is 5.32 Å². The monoisotopic (exact) mass is 329 g/mol. The Morgan fingerprint density at radius 2 is 1.91 bits per heavy atom. The van der Waals surface area contributed by atoms with Gasteiger partial charge in [-0.05, 0) is 59.5 Å². The summed E-state index contributed by atoms with van der Waals surface area (Å²) in [4.78, 5) is 0. The Labute approximate surface area is 141 Å². The maximum atomic E-state index is 3.58. The average Bonchev–Trinajstić information content (AvgIpc) is 3.17. The number of hydrogen-bond donors (Lipinski definition) is 1. The third-order valence-electron chi connectivity index (χ3n) is 4.69. The molecule has 1 unspecified atom stereocenters. The highest BCUT2D eigenvalue weighted by molar-refractivity contribution is 7.17. The molecule has 0 amide bonds. The molecule has 1 atom stereocenters. The van der Waals surface area contributed by atoms with Crippen molar-refractivity contribution in [2.45, 2.75) is 18.3 Å². The van der Waals surface area contributed by atoms with Crippen LogP contribution in [0.25, 0.3) is 10.1 Å². The summed E-state index contributed by atoms with van der Waals surface area (Å²) < 4.78 is 1.39. The summed E-state index contributed by atoms with van der Waals surface area (Å²) in [5.74, 6) is 0. The highest BCUT2D eigenvalue weighted by Gasteiger charge is 2.35. The zero-order valence-electron chi connectivity index (χ0n) is 12.4. The first-order chi connectivity index (χ1) is 10.4. The van der Waals surface area contributed by atoms with Crippen molar-refractivity contribution < 1.29 is 0 Å². The zero-order chi connectivity index (χ0) is 14.1. The molecular formula is C19H20ClNS. The fourth-order valence-corrected chi connectivity index (χ4v) is 4.30. The molecule has 2 heterocycles. The van der Waals surface area contributed by atoms with Crippen molar-refractivity contribution in [2.24, 2.45) is 0 Å². The maximum absolute atomic E-state index is 3.58. The standard InChI is InChI=1S/C19H19NS.ClH/c1-2-4-15(5-3-1)13-19(9-10-20-14-19)17-6-7-18-16(12-17)8-11-21-18;/h1-8,11-12,20H,9-10,13-14H2;1H. The lowest BCUT2D eigenvalue weighted by Gasteiger charge is -2.29. The van der Waals surface area contributed by atoms with Crippen LogP contribution in [0.2, 0.25) is 0 Å². The van der Waals surface area contributed by atoms with Crippen LogP contribution in [0, 0.1) is 0 Å². The van der Waals surface area contributed by atoms with E-state index in [1.165, 1.54) is 27.6 Å². The lowest BCUT2D eigenvalue weighted by atomic mass is 9.74. The number of nitrogens with one attached hydrogen (secondary N) is 1. The van der Waals surface area contributed by atoms with E-state index in [1.54, 1.807) is 0 Å². The summed E-state index contributed by atoms with van der Waals surface area (Å²) in [6, 6.07) is 20.2. The first-order valence-electron chi connectivity index (χ1n) is 7.58. The summed E-state index contributed by atoms with van der Waals surface area (Å²) in [6.07, 6.45) is 2.34. The molecule has 3 heteroatoms. The van der Waals surface area contributed by atoms with Crippen LogP contribution >= 0.6 is 23.7 Å². The Morgan fingerprint density at radius 3 is 2.68 bits per heavy atom. The number of hydrogen-bond acceptors (Lipinski definition) is 2. The average molecular weight is 330 g/mol. The third kappa shape index (κ3) is 2.79. The van der Waals surface area contributed by atoms with Gasteiger partial charge in [0.05, 0.1) is 0 Å². The molecule has 1 aliphatic heterocycles. The molecule has 0 aliphatic carbocycles. The third-order valence-corrected chi connectivity index (χ3v) is 5.59. The van der Waals surface area contributed by atoms with Gasteiger partial charge >= 0.3 is 0 Å². The minimum absolute atomic E-state index is 0. The van der Waals surface area contributed by atoms with Gasteiger partial charge in [-0.1, -0.05) is 36.4 Å². The predicted molar refractivity (Wildman–Crippen MR) is 98.4 cm³/mol. The van der Waals surface area contributed by atoms with E-state index in [9.17, 15) is 0 Å². The highest BCUT2D eigenvalue weighted by atomic mass is 35.5. The normalized spacial score (nSPS) is 20.9. The fraction of sp³-hybridized carbons (Fsp3) is 0.263. The number of halogens is 1. The minimum atomic E-state index is 0. The van der Waals surface area contributed by atoms with Crippen LogP contribution in [0.15, 0.2) is 60.0 Å². The molecule has 4 rings (SSSR count). The molecule has 1 fully saturated rings. The van der Waals surface area contributed by atoms with E-state index >= 15 is 0 Å². The van der Waals surface area contributed by atoms with Crippen molar-refractivity contribution in [3.63, 3.8) is 0 Å². The fourth-order valence-electron chi connectivity index (χ4n) is 3.53. The van der Waals surface area contributed by atoms with Crippen LogP contribution in [-0.4, -0.2) is 13.1 Å². The van der Waals surface area contributed by atoms with Gasteiger partial charge in [-0.15, -0.1) is 23.7 Å². The second kappa shape index (κ2) is 6.41. The molecule has 0 spiro atoms. The van der Waals surface area contributed by atoms with Crippen molar-refractivity contribution in [3.8, 4) is 0 Å². The summed E-state index contributed by atoms with van der Waals surface area (Å²) in [5, 5.41) is 7.15. The van der Waals surface area contributed by atoms with Crippen LogP contribution in [0.5, 0.6) is 0 Å². The van der Waals surface area contributed by atoms with Gasteiger partial charge in [-0.25, -0.2) is 0 Å². The first-order valence-corrected chi connectivity index (χ1v) is 8.46. The van der Waals surface area contributed by atoms with Crippen LogP contribution < -0.4 is 5.32 Å². The van der Waals surface area contributed by atoms with Crippen LogP contribution in [0.3, 0.4) is 0 Å². The lowest BCUT2D eigenvalue weighted by molar-refractivity contribution is 0.468. The molecule has 114 valence electrons. The van der Waals surface area contributed by atoms with Crippen molar-refractivity contribution in [2.75, 3.05) is 13.1 Å². The Bertz CT molecular complexity index is 744. The van der Waals surface area contributed by atoms with Gasteiger partial charge in [0.1, 0.15) is 0 Å². The number of benzene rings is 2. The van der Waals surface area contributed by atoms with Crippen LogP contribution in [-0.2, 0) is 11.8 Å². The number of rotatable bonds is 3. The largest absolute Gasteiger partial charge is 0.316 e. The molecular weight excluding hydrogens is 310 g/mol. The van der Waals surface area contributed by atoms with E-state index in [1.807, 2.05) is 11.3 Å². The Hall–Kier alpha value is -1.35. The van der Waals surface area contributed by atoms with Gasteiger partial charge < -0.3 is 5.32 Å². The number of thiophene rings is 1. The first kappa shape index (κ1) is 15.5. The Balaban J connectivity index is 0.00000144. The molecule has 0 bridgehead atoms. The van der Waals surface area contributed by atoms with E-state index in [4.69, 9.17) is 0 Å². The van der Waals surface area contributed by atoms with E-state index in [2.05, 4.69) is 65.3 Å². The van der Waals surface area contributed by atoms with Crippen molar-refractivity contribution in [1.29, 1.82) is 0 Å². The highest BCUT2D eigenvalue weighted by Crippen LogP contribution is 2.36. The molecule has 1 aromatic heterocycles. The summed E-state index contributed by atoms with van der Waals surface area (Å²) in [6.45, 7) is 2.20. The second-order valence-electron chi connectivity index (χ2n) is 6.04. The molecule has 22 heavy (non-hydrogen) atoms. The molecule has 1 saturated heterocycles. The molecule has 1 nitrogen and oxygen atoms in total. The van der Waals surface area contributed by atoms with Gasteiger partial charge in [0.25, 0.3) is 0 Å². The van der Waals surface area contributed by atoms with Crippen LogP contribution in [0.4, 0.5) is 0 Å². The van der Waals surface area contributed by atoms with Crippen molar-refractivity contribution >= 4 is 33.8 Å². The molecule has 0 radical (unpaired) electrons. The topological polar surface area (TPSA) is 12.0 Å². The quantitative estimate of drug-likeness (QED) is 0.728. The van der Waals surface area contributed by atoms with E-state index < -0.39 is 0 Å². The Kier molecular flexibility index (Phi) is 4.53. The van der Waals surface area contributed by atoms with E-state index in [0.717, 1.165) is 19.5 Å².